The van der Waals surface area contributed by atoms with Crippen molar-refractivity contribution in [3.63, 3.8) is 0 Å². The molecule has 0 aromatic heterocycles. The summed E-state index contributed by atoms with van der Waals surface area (Å²) in [6, 6.07) is -0.852. The van der Waals surface area contributed by atoms with Crippen LogP contribution in [0.25, 0.3) is 0 Å². The van der Waals surface area contributed by atoms with Crippen molar-refractivity contribution in [3.05, 3.63) is 109 Å². The number of nitrogens with one attached hydrogen (secondary N) is 1. The summed E-state index contributed by atoms with van der Waals surface area (Å²) in [5.74, 6) is -0.180. The maximum atomic E-state index is 13.0. The third kappa shape index (κ3) is 58.8. The number of phosphoric acid groups is 1. The molecule has 0 rings (SSSR count). The lowest BCUT2D eigenvalue weighted by atomic mass is 10.0. The molecule has 3 unspecified atom stereocenters. The summed E-state index contributed by atoms with van der Waals surface area (Å²) >= 11 is 0. The summed E-state index contributed by atoms with van der Waals surface area (Å²) in [6.07, 6.45) is 83.5. The first-order chi connectivity index (χ1) is 37.0. The third-order valence-electron chi connectivity index (χ3n) is 13.5. The maximum absolute atomic E-state index is 13.0. The predicted molar refractivity (Wildman–Crippen MR) is 332 cm³/mol. The number of aliphatic hydroxyl groups excluding tert-OH is 1. The molecule has 0 saturated carbocycles. The van der Waals surface area contributed by atoms with Gasteiger partial charge >= 0.3 is 7.82 Å². The van der Waals surface area contributed by atoms with Crippen LogP contribution in [-0.2, 0) is 18.4 Å². The fourth-order valence-corrected chi connectivity index (χ4v) is 9.38. The fourth-order valence-electron chi connectivity index (χ4n) is 8.65. The number of amides is 1. The molecule has 0 aromatic rings. The molecule has 76 heavy (non-hydrogen) atoms. The van der Waals surface area contributed by atoms with Crippen LogP contribution >= 0.6 is 7.82 Å². The Kier molecular flexibility index (Phi) is 54.7. The topological polar surface area (TPSA) is 105 Å². The van der Waals surface area contributed by atoms with Gasteiger partial charge in [-0.2, -0.15) is 0 Å². The number of unbranched alkanes of at least 4 members (excludes halogenated alkanes) is 27. The summed E-state index contributed by atoms with van der Waals surface area (Å²) in [7, 11) is 1.57. The van der Waals surface area contributed by atoms with Gasteiger partial charge in [-0.3, -0.25) is 13.8 Å². The SMILES string of the molecule is CC/C=C\C/C=C\C/C=C\C/C=C\C/C=C\C/C=C\C/C=C\C/C=C\CCCCCCCCCCCCCCCCC(=O)NC(COP(=O)(O)OCC[N+](C)(C)C)C(O)/C=C/CCCCCCCCCCCCCCC. The van der Waals surface area contributed by atoms with E-state index in [9.17, 15) is 19.4 Å². The molecular formula is C67H120N2O6P+. The molecule has 0 aliphatic carbocycles. The number of allylic oxidation sites excluding steroid dienone is 17. The number of hydrogen-bond donors (Lipinski definition) is 3. The van der Waals surface area contributed by atoms with Crippen molar-refractivity contribution in [2.45, 2.75) is 270 Å². The first kappa shape index (κ1) is 73.2. The van der Waals surface area contributed by atoms with E-state index in [0.717, 1.165) is 89.9 Å². The number of aliphatic hydroxyl groups is 1. The Morgan fingerprint density at radius 3 is 1.16 bits per heavy atom. The molecule has 0 aliphatic heterocycles. The monoisotopic (exact) mass is 1080 g/mol. The zero-order valence-electron chi connectivity index (χ0n) is 50.0. The molecule has 0 fully saturated rings. The van der Waals surface area contributed by atoms with E-state index in [1.165, 1.54) is 148 Å². The number of quaternary nitrogens is 1. The van der Waals surface area contributed by atoms with Gasteiger partial charge in [-0.05, 0) is 83.5 Å². The number of likely N-dealkylation sites (N-methyl/N-ethyl adjacent to an activating group) is 1. The lowest BCUT2D eigenvalue weighted by Crippen LogP contribution is -2.45. The molecule has 3 atom stereocenters. The molecule has 0 bridgehead atoms. The van der Waals surface area contributed by atoms with Crippen molar-refractivity contribution in [2.75, 3.05) is 40.9 Å². The fraction of sp³-hybridized carbons (Fsp3) is 0.716. The van der Waals surface area contributed by atoms with Crippen LogP contribution in [0.3, 0.4) is 0 Å². The van der Waals surface area contributed by atoms with Gasteiger partial charge in [0.1, 0.15) is 13.2 Å². The van der Waals surface area contributed by atoms with E-state index >= 15 is 0 Å². The van der Waals surface area contributed by atoms with Crippen LogP contribution in [0.5, 0.6) is 0 Å². The summed E-state index contributed by atoms with van der Waals surface area (Å²) < 4.78 is 23.7. The summed E-state index contributed by atoms with van der Waals surface area (Å²) in [5, 5.41) is 13.9. The Morgan fingerprint density at radius 1 is 0.461 bits per heavy atom. The van der Waals surface area contributed by atoms with Gasteiger partial charge in [0.15, 0.2) is 0 Å². The third-order valence-corrected chi connectivity index (χ3v) is 14.5. The van der Waals surface area contributed by atoms with E-state index in [0.29, 0.717) is 17.4 Å². The number of carbonyl (C=O) groups excluding carboxylic acids is 1. The maximum Gasteiger partial charge on any atom is 0.472 e. The van der Waals surface area contributed by atoms with Gasteiger partial charge in [-0.25, -0.2) is 4.57 Å². The van der Waals surface area contributed by atoms with Crippen molar-refractivity contribution < 1.29 is 32.9 Å². The Hall–Kier alpha value is -2.84. The molecule has 0 spiro atoms. The molecule has 3 N–H and O–H groups in total. The standard InChI is InChI=1S/C67H119N2O6P/c1-6-8-10-12-14-16-18-20-22-23-24-25-26-27-28-29-30-31-32-33-34-35-36-37-38-39-40-41-42-43-44-45-47-49-51-53-55-57-59-61-67(71)68-65(64-75-76(72,73)74-63-62-69(3,4)5)66(70)60-58-56-54-52-50-48-46-21-19-17-15-13-11-9-7-2/h8,10,14,16,20,22,24-25,27-28,30-31,33-34,36-37,58,60,65-66,70H,6-7,9,11-13,15,17-19,21,23,26,29,32,35,38-57,59,61-64H2,1-5H3,(H-,68,71,72,73)/p+1/b10-8-,16-14-,22-20-,25-24-,28-27-,31-30-,34-33-,37-36-,60-58+. The van der Waals surface area contributed by atoms with E-state index in [1.807, 2.05) is 27.2 Å². The molecule has 0 radical (unpaired) electrons. The highest BCUT2D eigenvalue weighted by molar-refractivity contribution is 7.47. The average molecular weight is 1080 g/mol. The van der Waals surface area contributed by atoms with Crippen LogP contribution in [0.1, 0.15) is 258 Å². The van der Waals surface area contributed by atoms with Crippen molar-refractivity contribution in [1.29, 1.82) is 0 Å². The average Bonchev–Trinajstić information content (AvgIpc) is 3.38. The van der Waals surface area contributed by atoms with Gasteiger partial charge < -0.3 is 19.8 Å². The van der Waals surface area contributed by atoms with Gasteiger partial charge in [-0.15, -0.1) is 0 Å². The van der Waals surface area contributed by atoms with Gasteiger partial charge in [0, 0.05) is 6.42 Å². The van der Waals surface area contributed by atoms with Crippen LogP contribution < -0.4 is 5.32 Å². The van der Waals surface area contributed by atoms with Crippen molar-refractivity contribution in [2.24, 2.45) is 0 Å². The van der Waals surface area contributed by atoms with Gasteiger partial charge in [-0.1, -0.05) is 277 Å². The highest BCUT2D eigenvalue weighted by atomic mass is 31.2. The van der Waals surface area contributed by atoms with Crippen molar-refractivity contribution in [1.82, 2.24) is 5.32 Å². The second kappa shape index (κ2) is 56.9. The number of rotatable bonds is 56. The normalized spacial score (nSPS) is 14.6. The number of phosphoric ester groups is 1. The van der Waals surface area contributed by atoms with Crippen LogP contribution in [0, 0.1) is 0 Å². The summed E-state index contributed by atoms with van der Waals surface area (Å²) in [4.78, 5) is 23.3. The summed E-state index contributed by atoms with van der Waals surface area (Å²) in [5.41, 5.74) is 0. The number of nitrogens with zero attached hydrogens (tertiary/aromatic N) is 1. The minimum Gasteiger partial charge on any atom is -0.387 e. The zero-order chi connectivity index (χ0) is 55.6. The van der Waals surface area contributed by atoms with E-state index < -0.39 is 20.0 Å². The predicted octanol–water partition coefficient (Wildman–Crippen LogP) is 19.5. The number of hydrogen-bond acceptors (Lipinski definition) is 5. The van der Waals surface area contributed by atoms with Gasteiger partial charge in [0.2, 0.25) is 5.91 Å². The second-order valence-corrected chi connectivity index (χ2v) is 23.5. The lowest BCUT2D eigenvalue weighted by Gasteiger charge is -2.25. The molecule has 9 heteroatoms. The van der Waals surface area contributed by atoms with E-state index in [-0.39, 0.29) is 19.1 Å². The molecule has 0 saturated heterocycles. The molecule has 0 aliphatic rings. The smallest absolute Gasteiger partial charge is 0.387 e. The minimum atomic E-state index is -4.35. The Morgan fingerprint density at radius 2 is 0.789 bits per heavy atom. The lowest BCUT2D eigenvalue weighted by molar-refractivity contribution is -0.870. The molecule has 438 valence electrons. The zero-order valence-corrected chi connectivity index (χ0v) is 50.9. The molecule has 8 nitrogen and oxygen atoms in total. The van der Waals surface area contributed by atoms with Crippen LogP contribution in [0.15, 0.2) is 109 Å². The first-order valence-corrected chi connectivity index (χ1v) is 32.8. The second-order valence-electron chi connectivity index (χ2n) is 22.1. The first-order valence-electron chi connectivity index (χ1n) is 31.3. The molecule has 0 aromatic carbocycles. The van der Waals surface area contributed by atoms with E-state index in [2.05, 4.69) is 116 Å². The van der Waals surface area contributed by atoms with E-state index in [4.69, 9.17) is 9.05 Å². The molecule has 0 heterocycles. The van der Waals surface area contributed by atoms with Crippen LogP contribution in [0.2, 0.25) is 0 Å². The Bertz CT molecular complexity index is 1600. The highest BCUT2D eigenvalue weighted by Gasteiger charge is 2.27. The van der Waals surface area contributed by atoms with E-state index in [1.54, 1.807) is 6.08 Å². The van der Waals surface area contributed by atoms with Gasteiger partial charge in [0.05, 0.1) is 39.9 Å². The number of carbonyl (C=O) groups is 1. The Balaban J connectivity index is 4.05. The van der Waals surface area contributed by atoms with Crippen LogP contribution in [-0.4, -0.2) is 73.4 Å². The minimum absolute atomic E-state index is 0.0582. The molecular weight excluding hydrogens is 960 g/mol. The quantitative estimate of drug-likeness (QED) is 0.0243. The van der Waals surface area contributed by atoms with Crippen molar-refractivity contribution in [3.8, 4) is 0 Å². The largest absolute Gasteiger partial charge is 0.472 e. The highest BCUT2D eigenvalue weighted by Crippen LogP contribution is 2.43. The molecule has 1 amide bonds. The van der Waals surface area contributed by atoms with Gasteiger partial charge in [0.25, 0.3) is 0 Å². The Labute approximate surface area is 470 Å². The summed E-state index contributed by atoms with van der Waals surface area (Å²) in [6.45, 7) is 4.70. The van der Waals surface area contributed by atoms with Crippen molar-refractivity contribution >= 4 is 13.7 Å². The van der Waals surface area contributed by atoms with Crippen LogP contribution in [0.4, 0.5) is 0 Å².